The van der Waals surface area contributed by atoms with E-state index >= 15 is 0 Å². The number of allylic oxidation sites excluding steroid dienone is 1. The van der Waals surface area contributed by atoms with Gasteiger partial charge in [-0.05, 0) is 6.42 Å². The lowest BCUT2D eigenvalue weighted by molar-refractivity contribution is -0.114. The second-order valence-corrected chi connectivity index (χ2v) is 3.67. The summed E-state index contributed by atoms with van der Waals surface area (Å²) in [6, 6.07) is 0. The van der Waals surface area contributed by atoms with E-state index in [1.165, 1.54) is 11.8 Å². The van der Waals surface area contributed by atoms with Gasteiger partial charge in [0.25, 0.3) is 5.91 Å². The summed E-state index contributed by atoms with van der Waals surface area (Å²) in [5.41, 5.74) is 5.19. The van der Waals surface area contributed by atoms with Crippen LogP contribution >= 0.6 is 11.8 Å². The number of thioether (sulfide) groups is 1. The van der Waals surface area contributed by atoms with E-state index in [0.717, 1.165) is 24.4 Å². The van der Waals surface area contributed by atoms with Gasteiger partial charge in [0.15, 0.2) is 0 Å². The van der Waals surface area contributed by atoms with Gasteiger partial charge in [-0.2, -0.15) is 0 Å². The number of carbonyl (C=O) groups excluding carboxylic acids is 1. The molecule has 3 nitrogen and oxygen atoms in total. The van der Waals surface area contributed by atoms with Crippen molar-refractivity contribution in [2.24, 2.45) is 5.73 Å². The third kappa shape index (κ3) is 2.17. The lowest BCUT2D eigenvalue weighted by Crippen LogP contribution is -2.19. The summed E-state index contributed by atoms with van der Waals surface area (Å²) in [5.74, 6) is 1.25. The summed E-state index contributed by atoms with van der Waals surface area (Å²) >= 11 is 1.50. The highest BCUT2D eigenvalue weighted by atomic mass is 32.2. The number of ether oxygens (including phenoxy) is 1. The van der Waals surface area contributed by atoms with E-state index in [1.807, 2.05) is 6.92 Å². The largest absolute Gasteiger partial charge is 0.496 e. The average molecular weight is 187 g/mol. The number of carbonyl (C=O) groups is 1. The molecule has 0 atom stereocenters. The summed E-state index contributed by atoms with van der Waals surface area (Å²) < 4.78 is 5.35. The minimum Gasteiger partial charge on any atom is -0.496 e. The first-order valence-corrected chi connectivity index (χ1v) is 5.02. The number of hydrogen-bond donors (Lipinski definition) is 1. The van der Waals surface area contributed by atoms with Crippen molar-refractivity contribution in [2.45, 2.75) is 19.8 Å². The van der Waals surface area contributed by atoms with Gasteiger partial charge in [-0.15, -0.1) is 11.8 Å². The highest BCUT2D eigenvalue weighted by Crippen LogP contribution is 2.27. The molecule has 0 aliphatic carbocycles. The fourth-order valence-electron chi connectivity index (χ4n) is 1.08. The molecule has 0 saturated carbocycles. The Kier molecular flexibility index (Phi) is 3.47. The van der Waals surface area contributed by atoms with Gasteiger partial charge in [-0.25, -0.2) is 0 Å². The molecule has 0 saturated heterocycles. The summed E-state index contributed by atoms with van der Waals surface area (Å²) in [7, 11) is 0. The smallest absolute Gasteiger partial charge is 0.258 e. The molecule has 0 bridgehead atoms. The van der Waals surface area contributed by atoms with Crippen molar-refractivity contribution < 1.29 is 9.53 Å². The van der Waals surface area contributed by atoms with Gasteiger partial charge >= 0.3 is 0 Å². The monoisotopic (exact) mass is 187 g/mol. The maximum atomic E-state index is 10.9. The van der Waals surface area contributed by atoms with Crippen LogP contribution in [0.5, 0.6) is 0 Å². The third-order valence-electron chi connectivity index (χ3n) is 1.56. The lowest BCUT2D eigenvalue weighted by atomic mass is 10.2. The van der Waals surface area contributed by atoms with Gasteiger partial charge in [-0.1, -0.05) is 6.92 Å². The molecule has 68 valence electrons. The Hall–Kier alpha value is -0.640. The summed E-state index contributed by atoms with van der Waals surface area (Å²) in [6.45, 7) is 2.74. The fourth-order valence-corrected chi connectivity index (χ4v) is 1.91. The van der Waals surface area contributed by atoms with Gasteiger partial charge < -0.3 is 10.5 Å². The maximum Gasteiger partial charge on any atom is 0.258 e. The first-order chi connectivity index (χ1) is 5.75. The highest BCUT2D eigenvalue weighted by Gasteiger charge is 2.17. The van der Waals surface area contributed by atoms with E-state index in [2.05, 4.69) is 0 Å². The number of amides is 1. The molecule has 0 aromatic heterocycles. The zero-order valence-electron chi connectivity index (χ0n) is 7.13. The molecule has 0 unspecified atom stereocenters. The second kappa shape index (κ2) is 4.40. The Bertz CT molecular complexity index is 213. The zero-order valence-corrected chi connectivity index (χ0v) is 7.95. The Balaban J connectivity index is 2.75. The van der Waals surface area contributed by atoms with E-state index in [0.29, 0.717) is 11.5 Å². The third-order valence-corrected chi connectivity index (χ3v) is 2.65. The standard InChI is InChI=1S/C8H13NO2S/c1-2-3-6-7(8(9)10)12-5-4-11-6/h2-5H2,1H3,(H2,9,10). The molecule has 0 aromatic carbocycles. The molecule has 1 aliphatic heterocycles. The molecular formula is C8H13NO2S. The van der Waals surface area contributed by atoms with E-state index in [-0.39, 0.29) is 5.91 Å². The van der Waals surface area contributed by atoms with E-state index in [9.17, 15) is 4.79 Å². The van der Waals surface area contributed by atoms with Crippen LogP contribution in [0.4, 0.5) is 0 Å². The maximum absolute atomic E-state index is 10.9. The summed E-state index contributed by atoms with van der Waals surface area (Å²) in [6.07, 6.45) is 1.79. The summed E-state index contributed by atoms with van der Waals surface area (Å²) in [4.78, 5) is 11.5. The van der Waals surface area contributed by atoms with Crippen LogP contribution in [0.3, 0.4) is 0 Å². The van der Waals surface area contributed by atoms with Crippen molar-refractivity contribution in [1.82, 2.24) is 0 Å². The number of primary amides is 1. The SMILES string of the molecule is CCCC1=C(C(N)=O)SCCO1. The van der Waals surface area contributed by atoms with Crippen molar-refractivity contribution in [3.63, 3.8) is 0 Å². The van der Waals surface area contributed by atoms with Crippen molar-refractivity contribution in [1.29, 1.82) is 0 Å². The Morgan fingerprint density at radius 1 is 1.75 bits per heavy atom. The number of rotatable bonds is 3. The van der Waals surface area contributed by atoms with Crippen LogP contribution in [0.15, 0.2) is 10.7 Å². The minimum absolute atomic E-state index is 0.358. The number of hydrogen-bond acceptors (Lipinski definition) is 3. The molecule has 1 amide bonds. The molecular weight excluding hydrogens is 174 g/mol. The highest BCUT2D eigenvalue weighted by molar-refractivity contribution is 8.04. The lowest BCUT2D eigenvalue weighted by Gasteiger charge is -2.18. The van der Waals surface area contributed by atoms with Gasteiger partial charge in [0.05, 0.1) is 6.61 Å². The van der Waals surface area contributed by atoms with Gasteiger partial charge in [0.1, 0.15) is 10.7 Å². The Morgan fingerprint density at radius 2 is 2.50 bits per heavy atom. The zero-order chi connectivity index (χ0) is 8.97. The molecule has 0 radical (unpaired) electrons. The molecule has 1 rings (SSSR count). The van der Waals surface area contributed by atoms with Gasteiger partial charge in [0, 0.05) is 12.2 Å². The second-order valence-electron chi connectivity index (χ2n) is 2.56. The Labute approximate surface area is 76.3 Å². The van der Waals surface area contributed by atoms with Crippen molar-refractivity contribution in [3.8, 4) is 0 Å². The topological polar surface area (TPSA) is 52.3 Å². The average Bonchev–Trinajstić information content (AvgIpc) is 2.05. The van der Waals surface area contributed by atoms with E-state index < -0.39 is 0 Å². The fraction of sp³-hybridized carbons (Fsp3) is 0.625. The van der Waals surface area contributed by atoms with E-state index in [4.69, 9.17) is 10.5 Å². The van der Waals surface area contributed by atoms with Crippen LogP contribution in [0.25, 0.3) is 0 Å². The van der Waals surface area contributed by atoms with Crippen LogP contribution < -0.4 is 5.73 Å². The Morgan fingerprint density at radius 3 is 3.08 bits per heavy atom. The molecule has 0 fully saturated rings. The predicted molar refractivity (Wildman–Crippen MR) is 49.5 cm³/mol. The van der Waals surface area contributed by atoms with Crippen LogP contribution in [-0.2, 0) is 9.53 Å². The van der Waals surface area contributed by atoms with Crippen LogP contribution in [0, 0.1) is 0 Å². The quantitative estimate of drug-likeness (QED) is 0.723. The van der Waals surface area contributed by atoms with Crippen LogP contribution in [-0.4, -0.2) is 18.3 Å². The molecule has 1 heterocycles. The van der Waals surface area contributed by atoms with E-state index in [1.54, 1.807) is 0 Å². The molecule has 0 aromatic rings. The van der Waals surface area contributed by atoms with Crippen molar-refractivity contribution in [3.05, 3.63) is 10.7 Å². The molecule has 2 N–H and O–H groups in total. The predicted octanol–water partition coefficient (Wildman–Crippen LogP) is 1.25. The molecule has 0 spiro atoms. The molecule has 1 aliphatic rings. The molecule has 12 heavy (non-hydrogen) atoms. The first kappa shape index (κ1) is 9.45. The van der Waals surface area contributed by atoms with Crippen LogP contribution in [0.1, 0.15) is 19.8 Å². The first-order valence-electron chi connectivity index (χ1n) is 4.04. The van der Waals surface area contributed by atoms with Crippen LogP contribution in [0.2, 0.25) is 0 Å². The summed E-state index contributed by atoms with van der Waals surface area (Å²) in [5, 5.41) is 0. The van der Waals surface area contributed by atoms with Crippen molar-refractivity contribution >= 4 is 17.7 Å². The normalized spacial score (nSPS) is 17.4. The molecule has 4 heteroatoms. The van der Waals surface area contributed by atoms with Crippen molar-refractivity contribution in [2.75, 3.05) is 12.4 Å². The van der Waals surface area contributed by atoms with Gasteiger partial charge in [0.2, 0.25) is 0 Å². The minimum atomic E-state index is -0.358. The van der Waals surface area contributed by atoms with Gasteiger partial charge in [-0.3, -0.25) is 4.79 Å². The number of nitrogens with two attached hydrogens (primary N) is 1.